The van der Waals surface area contributed by atoms with Crippen LogP contribution in [0.25, 0.3) is 0 Å². The van der Waals surface area contributed by atoms with E-state index in [1.54, 1.807) is 24.4 Å². The van der Waals surface area contributed by atoms with Gasteiger partial charge in [-0.25, -0.2) is 8.96 Å². The van der Waals surface area contributed by atoms with Crippen molar-refractivity contribution < 1.29 is 14.2 Å². The van der Waals surface area contributed by atoms with Crippen molar-refractivity contribution in [3.05, 3.63) is 64.3 Å². The summed E-state index contributed by atoms with van der Waals surface area (Å²) in [7, 11) is 0. The highest BCUT2D eigenvalue weighted by Crippen LogP contribution is 2.27. The number of halogens is 1. The molecular formula is C20H24FN3O3. The van der Waals surface area contributed by atoms with E-state index in [4.69, 9.17) is 15.1 Å². The number of likely N-dealkylation sites (tertiary alicyclic amines) is 1. The summed E-state index contributed by atoms with van der Waals surface area (Å²) < 4.78 is 20.8. The van der Waals surface area contributed by atoms with Gasteiger partial charge >= 0.3 is 0 Å². The van der Waals surface area contributed by atoms with Crippen molar-refractivity contribution in [3.63, 3.8) is 0 Å². The summed E-state index contributed by atoms with van der Waals surface area (Å²) in [6.45, 7) is 5.58. The number of hydrogen-bond donors (Lipinski definition) is 1. The van der Waals surface area contributed by atoms with Crippen LogP contribution >= 0.6 is 0 Å². The molecule has 2 heterocycles. The van der Waals surface area contributed by atoms with E-state index in [1.165, 1.54) is 24.4 Å². The number of hydrogen-bond acceptors (Lipinski definition) is 5. The van der Waals surface area contributed by atoms with E-state index < -0.39 is 11.7 Å². The number of alkyl halides is 1. The minimum Gasteiger partial charge on any atom is -0.492 e. The van der Waals surface area contributed by atoms with Crippen LogP contribution in [0.4, 0.5) is 4.39 Å². The highest BCUT2D eigenvalue weighted by Gasteiger charge is 2.31. The Bertz CT molecular complexity index is 830. The zero-order valence-corrected chi connectivity index (χ0v) is 15.5. The molecule has 1 unspecified atom stereocenters. The molecule has 0 aromatic carbocycles. The minimum absolute atomic E-state index is 0.181. The summed E-state index contributed by atoms with van der Waals surface area (Å²) in [5.41, 5.74) is 0.739. The summed E-state index contributed by atoms with van der Waals surface area (Å²) in [6.07, 6.45) is 8.46. The molecule has 27 heavy (non-hydrogen) atoms. The number of ether oxygens (including phenoxy) is 1. The van der Waals surface area contributed by atoms with Crippen molar-refractivity contribution in [2.24, 2.45) is 5.92 Å². The molecule has 6 nitrogen and oxygen atoms in total. The lowest BCUT2D eigenvalue weighted by molar-refractivity contribution is 0.0805. The van der Waals surface area contributed by atoms with Gasteiger partial charge in [-0.2, -0.15) is 5.26 Å². The molecule has 0 spiro atoms. The smallest absolute Gasteiger partial charge is 0.263 e. The van der Waals surface area contributed by atoms with E-state index in [2.05, 4.69) is 0 Å². The van der Waals surface area contributed by atoms with Crippen molar-refractivity contribution in [2.45, 2.75) is 20.0 Å². The molecule has 1 aliphatic carbocycles. The lowest BCUT2D eigenvalue weighted by Gasteiger charge is -2.42. The molecule has 1 N–H and O–H groups in total. The van der Waals surface area contributed by atoms with Gasteiger partial charge in [0.05, 0.1) is 25.1 Å². The van der Waals surface area contributed by atoms with Crippen LogP contribution in [0.5, 0.6) is 5.75 Å². The number of aromatic nitrogens is 1. The summed E-state index contributed by atoms with van der Waals surface area (Å²) in [4.78, 5) is 13.3. The van der Waals surface area contributed by atoms with Crippen LogP contribution in [0.2, 0.25) is 0 Å². The Hall–Kier alpha value is -2.85. The number of nitriles is 1. The molecule has 7 heteroatoms. The second-order valence-electron chi connectivity index (χ2n) is 6.01. The van der Waals surface area contributed by atoms with Crippen LogP contribution in [0.15, 0.2) is 58.7 Å². The predicted molar refractivity (Wildman–Crippen MR) is 101 cm³/mol. The van der Waals surface area contributed by atoms with Gasteiger partial charge in [-0.05, 0) is 23.8 Å². The third kappa shape index (κ3) is 5.08. The Morgan fingerprint density at radius 2 is 2.11 bits per heavy atom. The first-order valence-electron chi connectivity index (χ1n) is 8.95. The molecule has 1 atom stereocenters. The first-order valence-corrected chi connectivity index (χ1v) is 8.95. The fraction of sp³-hybridized carbons (Fsp3) is 0.400. The van der Waals surface area contributed by atoms with Gasteiger partial charge in [0.25, 0.3) is 5.56 Å². The van der Waals surface area contributed by atoms with Crippen LogP contribution in [0, 0.1) is 17.4 Å². The maximum atomic E-state index is 14.3. The molecule has 3 rings (SSSR count). The normalized spacial score (nSPS) is 18.9. The standard InChI is InChI=1S/C18H18FN3O3.C2H6/c19-16-6-13(10-23)2-1-3-17(16)21-7-14(8-21)11-25-15-4-5-18(24)22(9-15)12-20;1-2/h1-6,9,14,16,23H,7-8,10-11H2;1-2H3. The lowest BCUT2D eigenvalue weighted by Crippen LogP contribution is -2.49. The van der Waals surface area contributed by atoms with Crippen LogP contribution in [-0.2, 0) is 0 Å². The van der Waals surface area contributed by atoms with Gasteiger partial charge < -0.3 is 14.7 Å². The van der Waals surface area contributed by atoms with Crippen molar-refractivity contribution >= 4 is 0 Å². The summed E-state index contributed by atoms with van der Waals surface area (Å²) in [5.74, 6) is 0.694. The molecule has 2 aliphatic rings. The maximum Gasteiger partial charge on any atom is 0.263 e. The zero-order chi connectivity index (χ0) is 19.8. The second-order valence-corrected chi connectivity index (χ2v) is 6.01. The third-order valence-electron chi connectivity index (χ3n) is 4.20. The quantitative estimate of drug-likeness (QED) is 0.856. The van der Waals surface area contributed by atoms with E-state index in [0.717, 1.165) is 4.57 Å². The van der Waals surface area contributed by atoms with Gasteiger partial charge in [0.2, 0.25) is 0 Å². The number of rotatable bonds is 5. The number of aliphatic hydroxyl groups excluding tert-OH is 1. The fourth-order valence-corrected chi connectivity index (χ4v) is 2.81. The molecule has 0 radical (unpaired) electrons. The topological polar surface area (TPSA) is 78.5 Å². The molecular weight excluding hydrogens is 349 g/mol. The maximum absolute atomic E-state index is 14.3. The molecule has 0 amide bonds. The molecule has 1 aromatic heterocycles. The molecule has 1 aromatic rings. The Morgan fingerprint density at radius 1 is 1.37 bits per heavy atom. The molecule has 0 saturated carbocycles. The Kier molecular flexibility index (Phi) is 7.38. The average Bonchev–Trinajstić information content (AvgIpc) is 2.84. The first kappa shape index (κ1) is 20.5. The first-order chi connectivity index (χ1) is 13.1. The lowest BCUT2D eigenvalue weighted by atomic mass is 9.99. The summed E-state index contributed by atoms with van der Waals surface area (Å²) >= 11 is 0. The highest BCUT2D eigenvalue weighted by molar-refractivity contribution is 5.34. The summed E-state index contributed by atoms with van der Waals surface area (Å²) in [5, 5.41) is 17.9. The van der Waals surface area contributed by atoms with Crippen molar-refractivity contribution in [1.82, 2.24) is 9.47 Å². The van der Waals surface area contributed by atoms with Crippen molar-refractivity contribution in [2.75, 3.05) is 26.3 Å². The Balaban J connectivity index is 0.00000126. The van der Waals surface area contributed by atoms with E-state index >= 15 is 0 Å². The molecule has 1 aliphatic heterocycles. The fourth-order valence-electron chi connectivity index (χ4n) is 2.81. The molecule has 0 bridgehead atoms. The van der Waals surface area contributed by atoms with Gasteiger partial charge in [-0.1, -0.05) is 26.0 Å². The number of nitrogens with zero attached hydrogens (tertiary/aromatic N) is 3. The van der Waals surface area contributed by atoms with Crippen LogP contribution in [-0.4, -0.2) is 47.0 Å². The number of allylic oxidation sites excluding steroid dienone is 3. The van der Waals surface area contributed by atoms with E-state index in [1.807, 2.05) is 18.7 Å². The van der Waals surface area contributed by atoms with Crippen LogP contribution in [0.1, 0.15) is 13.8 Å². The van der Waals surface area contributed by atoms with Crippen LogP contribution in [0.3, 0.4) is 0 Å². The van der Waals surface area contributed by atoms with Gasteiger partial charge in [-0.15, -0.1) is 0 Å². The van der Waals surface area contributed by atoms with Gasteiger partial charge in [0, 0.05) is 25.1 Å². The van der Waals surface area contributed by atoms with Crippen molar-refractivity contribution in [3.8, 4) is 11.9 Å². The van der Waals surface area contributed by atoms with E-state index in [9.17, 15) is 9.18 Å². The average molecular weight is 373 g/mol. The largest absolute Gasteiger partial charge is 0.492 e. The van der Waals surface area contributed by atoms with Gasteiger partial charge in [-0.3, -0.25) is 4.79 Å². The highest BCUT2D eigenvalue weighted by atomic mass is 19.1. The molecule has 1 fully saturated rings. The Labute approximate surface area is 158 Å². The van der Waals surface area contributed by atoms with Gasteiger partial charge in [0.1, 0.15) is 5.75 Å². The molecule has 1 saturated heterocycles. The summed E-state index contributed by atoms with van der Waals surface area (Å²) in [6, 6.07) is 2.82. The minimum atomic E-state index is -1.24. The number of aliphatic hydroxyl groups is 1. The third-order valence-corrected chi connectivity index (χ3v) is 4.20. The van der Waals surface area contributed by atoms with Gasteiger partial charge in [0.15, 0.2) is 12.4 Å². The molecule has 144 valence electrons. The monoisotopic (exact) mass is 373 g/mol. The second kappa shape index (κ2) is 9.74. The number of pyridine rings is 1. The zero-order valence-electron chi connectivity index (χ0n) is 15.5. The SMILES string of the molecule is CC.N#Cn1cc(OCC2CN(C3=CC=CC(CO)=CC3F)C2)ccc1=O. The van der Waals surface area contributed by atoms with E-state index in [0.29, 0.717) is 36.7 Å². The van der Waals surface area contributed by atoms with Crippen LogP contribution < -0.4 is 10.3 Å². The van der Waals surface area contributed by atoms with Crippen molar-refractivity contribution in [1.29, 1.82) is 5.26 Å². The Morgan fingerprint density at radius 3 is 2.78 bits per heavy atom. The van der Waals surface area contributed by atoms with E-state index in [-0.39, 0.29) is 12.5 Å². The predicted octanol–water partition coefficient (Wildman–Crippen LogP) is 2.22.